The summed E-state index contributed by atoms with van der Waals surface area (Å²) in [5.41, 5.74) is 1.13. The molecule has 0 radical (unpaired) electrons. The van der Waals surface area contributed by atoms with E-state index in [1.807, 2.05) is 6.92 Å². The van der Waals surface area contributed by atoms with Crippen LogP contribution in [0.4, 0.5) is 0 Å². The average Bonchev–Trinajstić information content (AvgIpc) is 2.84. The minimum atomic E-state index is -0.936. The van der Waals surface area contributed by atoms with E-state index in [0.717, 1.165) is 17.9 Å². The van der Waals surface area contributed by atoms with Crippen LogP contribution in [-0.2, 0) is 0 Å². The Balaban J connectivity index is 1.66. The molecule has 106 valence electrons. The number of hydrogen-bond donors (Lipinski definition) is 1. The van der Waals surface area contributed by atoms with Gasteiger partial charge >= 0.3 is 5.97 Å². The van der Waals surface area contributed by atoms with Crippen molar-refractivity contribution in [3.05, 3.63) is 41.8 Å². The van der Waals surface area contributed by atoms with Crippen LogP contribution in [0, 0.1) is 6.92 Å². The SMILES string of the molecule is Cc1coc(SCCCOc2ccc(C(=O)O)cc2)n1. The fourth-order valence-corrected chi connectivity index (χ4v) is 2.26. The van der Waals surface area contributed by atoms with Crippen LogP contribution in [0.1, 0.15) is 22.5 Å². The third kappa shape index (κ3) is 4.31. The predicted octanol–water partition coefficient (Wildman–Crippen LogP) is 3.24. The van der Waals surface area contributed by atoms with Gasteiger partial charge in [0.25, 0.3) is 5.22 Å². The van der Waals surface area contributed by atoms with Crippen molar-refractivity contribution in [3.8, 4) is 5.75 Å². The molecule has 1 N–H and O–H groups in total. The van der Waals surface area contributed by atoms with Crippen LogP contribution in [0.5, 0.6) is 5.75 Å². The molecule has 2 aromatic rings. The lowest BCUT2D eigenvalue weighted by molar-refractivity contribution is 0.0697. The van der Waals surface area contributed by atoms with Crippen molar-refractivity contribution in [1.82, 2.24) is 4.98 Å². The Morgan fingerprint density at radius 2 is 2.15 bits per heavy atom. The first-order valence-corrected chi connectivity index (χ1v) is 7.15. The lowest BCUT2D eigenvalue weighted by atomic mass is 10.2. The number of oxazole rings is 1. The second-order valence-corrected chi connectivity index (χ2v) is 5.18. The second kappa shape index (κ2) is 7.00. The zero-order chi connectivity index (χ0) is 14.4. The first kappa shape index (κ1) is 14.5. The van der Waals surface area contributed by atoms with E-state index < -0.39 is 5.97 Å². The molecule has 5 nitrogen and oxygen atoms in total. The first-order chi connectivity index (χ1) is 9.65. The summed E-state index contributed by atoms with van der Waals surface area (Å²) in [7, 11) is 0. The molecule has 6 heteroatoms. The monoisotopic (exact) mass is 293 g/mol. The number of nitrogens with zero attached hydrogens (tertiary/aromatic N) is 1. The van der Waals surface area contributed by atoms with Gasteiger partial charge in [-0.15, -0.1) is 0 Å². The maximum Gasteiger partial charge on any atom is 0.335 e. The van der Waals surface area contributed by atoms with Crippen LogP contribution in [-0.4, -0.2) is 28.4 Å². The third-order valence-corrected chi connectivity index (χ3v) is 3.41. The van der Waals surface area contributed by atoms with Crippen molar-refractivity contribution in [2.45, 2.75) is 18.6 Å². The Labute approximate surface area is 121 Å². The standard InChI is InChI=1S/C14H15NO4S/c1-10-9-19-14(15-10)20-8-2-7-18-12-5-3-11(4-6-12)13(16)17/h3-6,9H,2,7-8H2,1H3,(H,16,17). The maximum absolute atomic E-state index is 10.7. The molecule has 0 aliphatic heterocycles. The first-order valence-electron chi connectivity index (χ1n) is 6.16. The molecule has 0 spiro atoms. The van der Waals surface area contributed by atoms with Gasteiger partial charge in [-0.1, -0.05) is 11.8 Å². The number of carboxylic acids is 1. The van der Waals surface area contributed by atoms with Gasteiger partial charge in [0, 0.05) is 5.75 Å². The van der Waals surface area contributed by atoms with Gasteiger partial charge in [-0.2, -0.15) is 0 Å². The van der Waals surface area contributed by atoms with E-state index in [1.54, 1.807) is 30.2 Å². The smallest absolute Gasteiger partial charge is 0.335 e. The molecule has 0 unspecified atom stereocenters. The van der Waals surface area contributed by atoms with Gasteiger partial charge < -0.3 is 14.3 Å². The predicted molar refractivity (Wildman–Crippen MR) is 75.5 cm³/mol. The minimum Gasteiger partial charge on any atom is -0.494 e. The average molecular weight is 293 g/mol. The Morgan fingerprint density at radius 3 is 2.75 bits per heavy atom. The quantitative estimate of drug-likeness (QED) is 0.624. The number of carboxylic acid groups (broad SMARTS) is 1. The molecule has 0 fully saturated rings. The van der Waals surface area contributed by atoms with Gasteiger partial charge in [0.2, 0.25) is 0 Å². The number of aromatic nitrogens is 1. The molecule has 20 heavy (non-hydrogen) atoms. The molecule has 0 bridgehead atoms. The lowest BCUT2D eigenvalue weighted by Crippen LogP contribution is -2.00. The van der Waals surface area contributed by atoms with Gasteiger partial charge in [0.1, 0.15) is 12.0 Å². The highest BCUT2D eigenvalue weighted by Gasteiger charge is 2.03. The summed E-state index contributed by atoms with van der Waals surface area (Å²) >= 11 is 1.55. The minimum absolute atomic E-state index is 0.257. The van der Waals surface area contributed by atoms with E-state index >= 15 is 0 Å². The van der Waals surface area contributed by atoms with E-state index in [4.69, 9.17) is 14.3 Å². The summed E-state index contributed by atoms with van der Waals surface area (Å²) in [6, 6.07) is 6.38. The third-order valence-electron chi connectivity index (χ3n) is 2.48. The molecule has 0 amide bonds. The number of thioether (sulfide) groups is 1. The summed E-state index contributed by atoms with van der Waals surface area (Å²) in [6.07, 6.45) is 2.48. The van der Waals surface area contributed by atoms with Crippen LogP contribution in [0.15, 0.2) is 40.2 Å². The van der Waals surface area contributed by atoms with Crippen molar-refractivity contribution >= 4 is 17.7 Å². The van der Waals surface area contributed by atoms with Crippen molar-refractivity contribution in [1.29, 1.82) is 0 Å². The molecule has 1 heterocycles. The topological polar surface area (TPSA) is 72.6 Å². The van der Waals surface area contributed by atoms with Crippen molar-refractivity contribution in [2.24, 2.45) is 0 Å². The van der Waals surface area contributed by atoms with Gasteiger partial charge in [-0.3, -0.25) is 0 Å². The molecule has 1 aromatic heterocycles. The van der Waals surface area contributed by atoms with Crippen LogP contribution >= 0.6 is 11.8 Å². The highest BCUT2D eigenvalue weighted by Crippen LogP contribution is 2.18. The number of ether oxygens (including phenoxy) is 1. The van der Waals surface area contributed by atoms with E-state index in [9.17, 15) is 4.79 Å². The van der Waals surface area contributed by atoms with Crippen LogP contribution in [0.3, 0.4) is 0 Å². The van der Waals surface area contributed by atoms with E-state index in [1.165, 1.54) is 12.1 Å². The zero-order valence-electron chi connectivity index (χ0n) is 11.0. The summed E-state index contributed by atoms with van der Waals surface area (Å²) in [5, 5.41) is 9.45. The zero-order valence-corrected chi connectivity index (χ0v) is 11.9. The molecule has 1 aromatic carbocycles. The normalized spacial score (nSPS) is 10.4. The summed E-state index contributed by atoms with van der Waals surface area (Å²) in [6.45, 7) is 2.45. The lowest BCUT2D eigenvalue weighted by Gasteiger charge is -2.05. The van der Waals surface area contributed by atoms with E-state index in [0.29, 0.717) is 17.6 Å². The van der Waals surface area contributed by atoms with Crippen LogP contribution < -0.4 is 4.74 Å². The maximum atomic E-state index is 10.7. The highest BCUT2D eigenvalue weighted by atomic mass is 32.2. The number of aryl methyl sites for hydroxylation is 1. The highest BCUT2D eigenvalue weighted by molar-refractivity contribution is 7.99. The molecular formula is C14H15NO4S. The van der Waals surface area contributed by atoms with Gasteiger partial charge in [0.15, 0.2) is 0 Å². The number of hydrogen-bond acceptors (Lipinski definition) is 5. The molecule has 0 saturated carbocycles. The van der Waals surface area contributed by atoms with Gasteiger partial charge in [0.05, 0.1) is 17.9 Å². The second-order valence-electron chi connectivity index (χ2n) is 4.13. The Kier molecular flexibility index (Phi) is 5.06. The number of carbonyl (C=O) groups is 1. The molecule has 0 aliphatic rings. The van der Waals surface area contributed by atoms with Crippen LogP contribution in [0.2, 0.25) is 0 Å². The summed E-state index contributed by atoms with van der Waals surface area (Å²) in [5.74, 6) is 0.592. The molecule has 0 saturated heterocycles. The van der Waals surface area contributed by atoms with E-state index in [-0.39, 0.29) is 5.56 Å². The summed E-state index contributed by atoms with van der Waals surface area (Å²) < 4.78 is 10.7. The van der Waals surface area contributed by atoms with Gasteiger partial charge in [-0.05, 0) is 37.6 Å². The van der Waals surface area contributed by atoms with E-state index in [2.05, 4.69) is 4.98 Å². The van der Waals surface area contributed by atoms with Crippen molar-refractivity contribution < 1.29 is 19.1 Å². The number of benzene rings is 1. The fourth-order valence-electron chi connectivity index (χ4n) is 1.50. The molecule has 2 rings (SSSR count). The molecular weight excluding hydrogens is 278 g/mol. The largest absolute Gasteiger partial charge is 0.494 e. The number of rotatable bonds is 7. The fraction of sp³-hybridized carbons (Fsp3) is 0.286. The summed E-state index contributed by atoms with van der Waals surface area (Å²) in [4.78, 5) is 14.9. The Bertz CT molecular complexity index is 565. The Hall–Kier alpha value is -1.95. The van der Waals surface area contributed by atoms with Crippen molar-refractivity contribution in [3.63, 3.8) is 0 Å². The molecule has 0 aliphatic carbocycles. The van der Waals surface area contributed by atoms with Gasteiger partial charge in [-0.25, -0.2) is 9.78 Å². The van der Waals surface area contributed by atoms with Crippen molar-refractivity contribution in [2.75, 3.05) is 12.4 Å². The number of aromatic carboxylic acids is 1. The Morgan fingerprint density at radius 1 is 1.40 bits per heavy atom. The molecule has 0 atom stereocenters. The van der Waals surface area contributed by atoms with Crippen LogP contribution in [0.25, 0.3) is 0 Å².